The minimum absolute atomic E-state index is 0.452. The molecule has 0 aliphatic carbocycles. The number of hydrogen-bond donors (Lipinski definition) is 1. The summed E-state index contributed by atoms with van der Waals surface area (Å²) in [6, 6.07) is 2.04. The maximum Gasteiger partial charge on any atom is 0.137 e. The zero-order valence-electron chi connectivity index (χ0n) is 8.86. The van der Waals surface area contributed by atoms with Crippen LogP contribution >= 0.6 is 0 Å². The fourth-order valence-electron chi connectivity index (χ4n) is 1.37. The Morgan fingerprint density at radius 1 is 1.50 bits per heavy atom. The molecule has 0 saturated heterocycles. The van der Waals surface area contributed by atoms with E-state index < -0.39 is 0 Å². The van der Waals surface area contributed by atoms with Crippen molar-refractivity contribution in [1.82, 2.24) is 4.98 Å². The van der Waals surface area contributed by atoms with E-state index in [2.05, 4.69) is 11.9 Å². The number of pyridine rings is 1. The van der Waals surface area contributed by atoms with Gasteiger partial charge in [-0.3, -0.25) is 4.98 Å². The fourth-order valence-corrected chi connectivity index (χ4v) is 1.37. The molecule has 14 heavy (non-hydrogen) atoms. The fraction of sp³-hybridized carbons (Fsp3) is 0.545. The first-order valence-corrected chi connectivity index (χ1v) is 5.05. The lowest BCUT2D eigenvalue weighted by Gasteiger charge is -2.11. The van der Waals surface area contributed by atoms with Gasteiger partial charge in [0.1, 0.15) is 5.75 Å². The first kappa shape index (κ1) is 11.0. The molecule has 3 heteroatoms. The number of aromatic nitrogens is 1. The first-order valence-electron chi connectivity index (χ1n) is 5.05. The Morgan fingerprint density at radius 2 is 2.29 bits per heavy atom. The number of nitrogens with zero attached hydrogens (tertiary/aromatic N) is 1. The van der Waals surface area contributed by atoms with Crippen LogP contribution in [0.1, 0.15) is 31.7 Å². The summed E-state index contributed by atoms with van der Waals surface area (Å²) in [4.78, 5) is 4.14. The zero-order chi connectivity index (χ0) is 10.4. The molecule has 0 radical (unpaired) electrons. The molecule has 1 heterocycles. The highest BCUT2D eigenvalue weighted by Gasteiger charge is 2.05. The van der Waals surface area contributed by atoms with Crippen LogP contribution in [-0.2, 0) is 0 Å². The molecule has 2 N–H and O–H groups in total. The molecule has 1 atom stereocenters. The smallest absolute Gasteiger partial charge is 0.137 e. The summed E-state index contributed by atoms with van der Waals surface area (Å²) in [5, 5.41) is 0. The summed E-state index contributed by atoms with van der Waals surface area (Å²) in [6.07, 6.45) is 4.60. The predicted octanol–water partition coefficient (Wildman–Crippen LogP) is 1.93. The second-order valence-corrected chi connectivity index (χ2v) is 3.37. The van der Waals surface area contributed by atoms with Crippen LogP contribution in [-0.4, -0.2) is 18.1 Å². The Kier molecular flexibility index (Phi) is 4.40. The number of nitrogens with two attached hydrogens (primary N) is 1. The molecule has 0 spiro atoms. The SMILES string of the molecule is CCOc1cncc(C(C)CCN)c1. The summed E-state index contributed by atoms with van der Waals surface area (Å²) in [5.41, 5.74) is 6.71. The largest absolute Gasteiger partial charge is 0.492 e. The number of ether oxygens (including phenoxy) is 1. The summed E-state index contributed by atoms with van der Waals surface area (Å²) in [7, 11) is 0. The Labute approximate surface area is 85.3 Å². The van der Waals surface area contributed by atoms with Crippen LogP contribution in [0.5, 0.6) is 5.75 Å². The van der Waals surface area contributed by atoms with Crippen LogP contribution in [0.2, 0.25) is 0 Å². The van der Waals surface area contributed by atoms with Crippen molar-refractivity contribution in [2.24, 2.45) is 5.73 Å². The molecule has 0 fully saturated rings. The average molecular weight is 194 g/mol. The average Bonchev–Trinajstić information content (AvgIpc) is 2.19. The lowest BCUT2D eigenvalue weighted by Crippen LogP contribution is -2.05. The van der Waals surface area contributed by atoms with Crippen molar-refractivity contribution in [3.63, 3.8) is 0 Å². The third-order valence-electron chi connectivity index (χ3n) is 2.21. The molecule has 0 saturated carbocycles. The van der Waals surface area contributed by atoms with Gasteiger partial charge in [-0.1, -0.05) is 6.92 Å². The van der Waals surface area contributed by atoms with Crippen molar-refractivity contribution in [2.45, 2.75) is 26.2 Å². The van der Waals surface area contributed by atoms with E-state index in [4.69, 9.17) is 10.5 Å². The summed E-state index contributed by atoms with van der Waals surface area (Å²) in [5.74, 6) is 1.29. The van der Waals surface area contributed by atoms with Gasteiger partial charge in [-0.15, -0.1) is 0 Å². The van der Waals surface area contributed by atoms with Gasteiger partial charge in [0, 0.05) is 6.20 Å². The van der Waals surface area contributed by atoms with Crippen LogP contribution in [0.15, 0.2) is 18.5 Å². The molecule has 0 aliphatic rings. The molecule has 1 unspecified atom stereocenters. The minimum Gasteiger partial charge on any atom is -0.492 e. The van der Waals surface area contributed by atoms with Crippen molar-refractivity contribution < 1.29 is 4.74 Å². The van der Waals surface area contributed by atoms with Crippen molar-refractivity contribution in [2.75, 3.05) is 13.2 Å². The molecule has 1 rings (SSSR count). The summed E-state index contributed by atoms with van der Waals surface area (Å²) in [6.45, 7) is 5.51. The van der Waals surface area contributed by atoms with Gasteiger partial charge in [0.15, 0.2) is 0 Å². The number of rotatable bonds is 5. The molecule has 3 nitrogen and oxygen atoms in total. The van der Waals surface area contributed by atoms with Crippen molar-refractivity contribution in [3.05, 3.63) is 24.0 Å². The number of hydrogen-bond acceptors (Lipinski definition) is 3. The monoisotopic (exact) mass is 194 g/mol. The van der Waals surface area contributed by atoms with Crippen LogP contribution in [0.25, 0.3) is 0 Å². The Bertz CT molecular complexity index is 276. The van der Waals surface area contributed by atoms with Gasteiger partial charge < -0.3 is 10.5 Å². The van der Waals surface area contributed by atoms with E-state index >= 15 is 0 Å². The minimum atomic E-state index is 0.452. The highest BCUT2D eigenvalue weighted by molar-refractivity contribution is 5.25. The standard InChI is InChI=1S/C11H18N2O/c1-3-14-11-6-10(7-13-8-11)9(2)4-5-12/h6-9H,3-5,12H2,1-2H3. The van der Waals surface area contributed by atoms with E-state index in [1.54, 1.807) is 6.20 Å². The topological polar surface area (TPSA) is 48.1 Å². The highest BCUT2D eigenvalue weighted by Crippen LogP contribution is 2.21. The molecular weight excluding hydrogens is 176 g/mol. The van der Waals surface area contributed by atoms with E-state index in [1.807, 2.05) is 19.2 Å². The van der Waals surface area contributed by atoms with Gasteiger partial charge in [-0.25, -0.2) is 0 Å². The molecule has 1 aromatic heterocycles. The van der Waals surface area contributed by atoms with Gasteiger partial charge in [-0.05, 0) is 37.4 Å². The van der Waals surface area contributed by atoms with Gasteiger partial charge in [-0.2, -0.15) is 0 Å². The summed E-state index contributed by atoms with van der Waals surface area (Å²) >= 11 is 0. The predicted molar refractivity (Wildman–Crippen MR) is 57.5 cm³/mol. The summed E-state index contributed by atoms with van der Waals surface area (Å²) < 4.78 is 5.38. The van der Waals surface area contributed by atoms with Crippen molar-refractivity contribution >= 4 is 0 Å². The van der Waals surface area contributed by atoms with E-state index in [0.717, 1.165) is 12.2 Å². The molecule has 0 aliphatic heterocycles. The van der Waals surface area contributed by atoms with Crippen LogP contribution < -0.4 is 10.5 Å². The van der Waals surface area contributed by atoms with E-state index in [1.165, 1.54) is 5.56 Å². The Balaban J connectivity index is 2.71. The van der Waals surface area contributed by atoms with Gasteiger partial charge in [0.05, 0.1) is 12.8 Å². The Morgan fingerprint density at radius 3 is 2.93 bits per heavy atom. The lowest BCUT2D eigenvalue weighted by atomic mass is 10.00. The van der Waals surface area contributed by atoms with E-state index in [-0.39, 0.29) is 0 Å². The molecular formula is C11H18N2O. The van der Waals surface area contributed by atoms with E-state index in [9.17, 15) is 0 Å². The van der Waals surface area contributed by atoms with Gasteiger partial charge in [0.2, 0.25) is 0 Å². The lowest BCUT2D eigenvalue weighted by molar-refractivity contribution is 0.338. The molecule has 1 aromatic rings. The van der Waals surface area contributed by atoms with Gasteiger partial charge >= 0.3 is 0 Å². The highest BCUT2D eigenvalue weighted by atomic mass is 16.5. The molecule has 0 amide bonds. The Hall–Kier alpha value is -1.09. The van der Waals surface area contributed by atoms with Crippen molar-refractivity contribution in [1.29, 1.82) is 0 Å². The molecule has 0 bridgehead atoms. The first-order chi connectivity index (χ1) is 6.77. The molecule has 0 aromatic carbocycles. The zero-order valence-corrected chi connectivity index (χ0v) is 8.86. The van der Waals surface area contributed by atoms with E-state index in [0.29, 0.717) is 19.1 Å². The van der Waals surface area contributed by atoms with Crippen LogP contribution in [0.4, 0.5) is 0 Å². The van der Waals surface area contributed by atoms with Crippen molar-refractivity contribution in [3.8, 4) is 5.75 Å². The third kappa shape index (κ3) is 3.00. The van der Waals surface area contributed by atoms with Crippen LogP contribution in [0.3, 0.4) is 0 Å². The van der Waals surface area contributed by atoms with Gasteiger partial charge in [0.25, 0.3) is 0 Å². The quantitative estimate of drug-likeness (QED) is 0.779. The third-order valence-corrected chi connectivity index (χ3v) is 2.21. The second-order valence-electron chi connectivity index (χ2n) is 3.37. The van der Waals surface area contributed by atoms with Crippen LogP contribution in [0, 0.1) is 0 Å². The second kappa shape index (κ2) is 5.60. The maximum absolute atomic E-state index is 5.51. The maximum atomic E-state index is 5.51. The molecule has 78 valence electrons. The normalized spacial score (nSPS) is 12.5.